The lowest BCUT2D eigenvalue weighted by molar-refractivity contribution is -0.148. The third-order valence-electron chi connectivity index (χ3n) is 4.17. The van der Waals surface area contributed by atoms with Crippen molar-refractivity contribution in [2.75, 3.05) is 0 Å². The van der Waals surface area contributed by atoms with Crippen LogP contribution in [0.2, 0.25) is 5.02 Å². The highest BCUT2D eigenvalue weighted by Crippen LogP contribution is 2.31. The summed E-state index contributed by atoms with van der Waals surface area (Å²) in [6, 6.07) is 6.62. The van der Waals surface area contributed by atoms with E-state index in [4.69, 9.17) is 16.7 Å². The molecule has 0 aromatic heterocycles. The van der Waals surface area contributed by atoms with Crippen molar-refractivity contribution in [1.82, 2.24) is 0 Å². The van der Waals surface area contributed by atoms with Gasteiger partial charge in [-0.3, -0.25) is 9.59 Å². The molecule has 0 heterocycles. The zero-order chi connectivity index (χ0) is 17.0. The van der Waals surface area contributed by atoms with Gasteiger partial charge < -0.3 is 5.11 Å². The number of carbonyl (C=O) groups is 3. The van der Waals surface area contributed by atoms with Gasteiger partial charge in [-0.05, 0) is 42.5 Å². The second-order valence-electron chi connectivity index (χ2n) is 6.08. The molecule has 1 saturated carbocycles. The Morgan fingerprint density at radius 2 is 2.00 bits per heavy atom. The Bertz CT molecular complexity index is 663. The maximum atomic E-state index is 12.7. The van der Waals surface area contributed by atoms with Crippen molar-refractivity contribution in [3.8, 4) is 0 Å². The van der Waals surface area contributed by atoms with E-state index >= 15 is 0 Å². The van der Waals surface area contributed by atoms with E-state index in [2.05, 4.69) is 6.92 Å². The molecule has 2 atom stereocenters. The number of halogens is 1. The molecule has 122 valence electrons. The van der Waals surface area contributed by atoms with Gasteiger partial charge in [0.2, 0.25) is 0 Å². The molecular weight excluding hydrogens is 316 g/mol. The molecule has 0 bridgehead atoms. The van der Waals surface area contributed by atoms with E-state index < -0.39 is 11.8 Å². The van der Waals surface area contributed by atoms with Crippen molar-refractivity contribution in [1.29, 1.82) is 0 Å². The molecule has 0 radical (unpaired) electrons. The molecule has 0 saturated heterocycles. The van der Waals surface area contributed by atoms with Crippen LogP contribution in [-0.2, 0) is 14.4 Å². The zero-order valence-electron chi connectivity index (χ0n) is 12.9. The van der Waals surface area contributed by atoms with Crippen LogP contribution in [0, 0.1) is 11.8 Å². The average Bonchev–Trinajstić information content (AvgIpc) is 2.51. The highest BCUT2D eigenvalue weighted by atomic mass is 35.5. The smallest absolute Gasteiger partial charge is 0.377 e. The molecule has 1 aromatic carbocycles. The highest BCUT2D eigenvalue weighted by Gasteiger charge is 2.32. The summed E-state index contributed by atoms with van der Waals surface area (Å²) in [6.07, 6.45) is 4.71. The molecule has 23 heavy (non-hydrogen) atoms. The average molecular weight is 335 g/mol. The molecule has 0 unspecified atom stereocenters. The van der Waals surface area contributed by atoms with Gasteiger partial charge in [0.1, 0.15) is 0 Å². The largest absolute Gasteiger partial charge is 0.475 e. The van der Waals surface area contributed by atoms with E-state index in [1.807, 2.05) is 0 Å². The molecule has 0 spiro atoms. The summed E-state index contributed by atoms with van der Waals surface area (Å²) >= 11 is 5.90. The Morgan fingerprint density at radius 1 is 1.26 bits per heavy atom. The molecule has 4 nitrogen and oxygen atoms in total. The molecule has 1 aliphatic carbocycles. The number of aliphatic carboxylic acids is 1. The van der Waals surface area contributed by atoms with Crippen molar-refractivity contribution in [2.24, 2.45) is 11.8 Å². The maximum absolute atomic E-state index is 12.7. The number of hydrogen-bond donors (Lipinski definition) is 1. The van der Waals surface area contributed by atoms with Crippen LogP contribution in [0.3, 0.4) is 0 Å². The fraction of sp³-hybridized carbons (Fsp3) is 0.389. The Morgan fingerprint density at radius 3 is 2.61 bits per heavy atom. The monoisotopic (exact) mass is 334 g/mol. The highest BCUT2D eigenvalue weighted by molar-refractivity contribution is 6.48. The summed E-state index contributed by atoms with van der Waals surface area (Å²) in [5, 5.41) is 9.47. The van der Waals surface area contributed by atoms with Crippen LogP contribution in [0.25, 0.3) is 6.08 Å². The first kappa shape index (κ1) is 17.4. The molecule has 2 rings (SSSR count). The Kier molecular flexibility index (Phi) is 5.72. The molecule has 0 aliphatic heterocycles. The lowest BCUT2D eigenvalue weighted by Gasteiger charge is -2.25. The number of carbonyl (C=O) groups excluding carboxylic acids is 2. The maximum Gasteiger partial charge on any atom is 0.377 e. The van der Waals surface area contributed by atoms with Gasteiger partial charge in [0.05, 0.1) is 5.57 Å². The van der Waals surface area contributed by atoms with Crippen molar-refractivity contribution >= 4 is 35.2 Å². The van der Waals surface area contributed by atoms with Gasteiger partial charge >= 0.3 is 5.97 Å². The van der Waals surface area contributed by atoms with Crippen molar-refractivity contribution < 1.29 is 19.5 Å². The lowest BCUT2D eigenvalue weighted by Crippen LogP contribution is -2.29. The number of Topliss-reactive ketones (excluding diaryl/α,β-unsaturated/α-hetero) is 2. The second-order valence-corrected chi connectivity index (χ2v) is 6.52. The summed E-state index contributed by atoms with van der Waals surface area (Å²) in [4.78, 5) is 35.8. The minimum absolute atomic E-state index is 0.265. The van der Waals surface area contributed by atoms with Gasteiger partial charge in [0.15, 0.2) is 5.78 Å². The molecule has 1 aromatic rings. The standard InChI is InChI=1S/C18H19ClO4/c1-11-4-2-6-13(8-11)16(20)15(17(21)18(22)23)10-12-5-3-7-14(19)9-12/h3,5,7,9-11,13H,2,4,6,8H2,1H3,(H,22,23)/b15-10+/t11-,13+/m1/s1. The van der Waals surface area contributed by atoms with E-state index in [-0.39, 0.29) is 17.3 Å². The number of hydrogen-bond acceptors (Lipinski definition) is 3. The third-order valence-corrected chi connectivity index (χ3v) is 4.41. The van der Waals surface area contributed by atoms with Crippen molar-refractivity contribution in [3.63, 3.8) is 0 Å². The SMILES string of the molecule is C[C@@H]1CCC[C@H](C(=O)/C(=C\c2cccc(Cl)c2)C(=O)C(=O)O)C1. The van der Waals surface area contributed by atoms with E-state index in [0.717, 1.165) is 12.8 Å². The van der Waals surface area contributed by atoms with Gasteiger partial charge in [-0.2, -0.15) is 0 Å². The van der Waals surface area contributed by atoms with Gasteiger partial charge in [-0.25, -0.2) is 4.79 Å². The minimum atomic E-state index is -1.62. The topological polar surface area (TPSA) is 71.4 Å². The van der Waals surface area contributed by atoms with Gasteiger partial charge in [-0.15, -0.1) is 0 Å². The van der Waals surface area contributed by atoms with Gasteiger partial charge in [0.25, 0.3) is 5.78 Å². The zero-order valence-corrected chi connectivity index (χ0v) is 13.7. The summed E-state index contributed by atoms with van der Waals surface area (Å²) in [7, 11) is 0. The van der Waals surface area contributed by atoms with Crippen molar-refractivity contribution in [2.45, 2.75) is 32.6 Å². The fourth-order valence-electron chi connectivity index (χ4n) is 3.02. The van der Waals surface area contributed by atoms with E-state index in [1.54, 1.807) is 24.3 Å². The first-order valence-electron chi connectivity index (χ1n) is 7.67. The van der Waals surface area contributed by atoms with E-state index in [9.17, 15) is 14.4 Å². The van der Waals surface area contributed by atoms with Crippen LogP contribution in [0.15, 0.2) is 29.8 Å². The minimum Gasteiger partial charge on any atom is -0.475 e. The summed E-state index contributed by atoms with van der Waals surface area (Å²) in [5.74, 6) is -3.02. The molecule has 1 N–H and O–H groups in total. The second kappa shape index (κ2) is 7.55. The number of benzene rings is 1. The summed E-state index contributed by atoms with van der Waals surface area (Å²) in [5.41, 5.74) is 0.276. The molecule has 5 heteroatoms. The van der Waals surface area contributed by atoms with Crippen LogP contribution < -0.4 is 0 Å². The van der Waals surface area contributed by atoms with Crippen LogP contribution >= 0.6 is 11.6 Å². The van der Waals surface area contributed by atoms with E-state index in [1.165, 1.54) is 6.08 Å². The number of ketones is 2. The van der Waals surface area contributed by atoms with E-state index in [0.29, 0.717) is 29.3 Å². The van der Waals surface area contributed by atoms with Crippen LogP contribution in [-0.4, -0.2) is 22.6 Å². The Labute approximate surface area is 140 Å². The van der Waals surface area contributed by atoms with Crippen LogP contribution in [0.4, 0.5) is 0 Å². The Hall–Kier alpha value is -1.94. The van der Waals surface area contributed by atoms with Gasteiger partial charge in [0, 0.05) is 10.9 Å². The summed E-state index contributed by atoms with van der Waals surface area (Å²) in [6.45, 7) is 2.07. The fourth-order valence-corrected chi connectivity index (χ4v) is 3.22. The number of rotatable bonds is 5. The Balaban J connectivity index is 2.36. The molecule has 1 aliphatic rings. The first-order valence-corrected chi connectivity index (χ1v) is 8.05. The van der Waals surface area contributed by atoms with Crippen LogP contribution in [0.1, 0.15) is 38.2 Å². The molecular formula is C18H19ClO4. The third kappa shape index (κ3) is 4.52. The van der Waals surface area contributed by atoms with Crippen molar-refractivity contribution in [3.05, 3.63) is 40.4 Å². The predicted octanol–water partition coefficient (Wildman–Crippen LogP) is 3.77. The number of carboxylic acids is 1. The number of carboxylic acid groups (broad SMARTS) is 1. The normalized spacial score (nSPS) is 21.7. The van der Waals surface area contributed by atoms with Crippen LogP contribution in [0.5, 0.6) is 0 Å². The molecule has 0 amide bonds. The predicted molar refractivity (Wildman–Crippen MR) is 88.2 cm³/mol. The quantitative estimate of drug-likeness (QED) is 0.385. The van der Waals surface area contributed by atoms with Gasteiger partial charge in [-0.1, -0.05) is 43.5 Å². The lowest BCUT2D eigenvalue weighted by atomic mass is 9.78. The summed E-state index contributed by atoms with van der Waals surface area (Å²) < 4.78 is 0. The molecule has 1 fully saturated rings. The first-order chi connectivity index (χ1) is 10.9.